The SMILES string of the molecule is O=C(C[C@@H]1CCCc2ccccc21)Nc1ccccc1[C@H](O)C(F)(F)F. The fraction of sp³-hybridized carbons (Fsp3) is 0.350. The lowest BCUT2D eigenvalue weighted by Crippen LogP contribution is -2.23. The topological polar surface area (TPSA) is 49.3 Å². The second kappa shape index (κ2) is 7.50. The van der Waals surface area contributed by atoms with Gasteiger partial charge in [0.25, 0.3) is 0 Å². The summed E-state index contributed by atoms with van der Waals surface area (Å²) in [5, 5.41) is 12.1. The smallest absolute Gasteiger partial charge is 0.379 e. The van der Waals surface area contributed by atoms with E-state index < -0.39 is 12.3 Å². The third-order valence-electron chi connectivity index (χ3n) is 4.76. The van der Waals surface area contributed by atoms with Crippen LogP contribution < -0.4 is 5.32 Å². The molecule has 6 heteroatoms. The molecule has 26 heavy (non-hydrogen) atoms. The third kappa shape index (κ3) is 4.07. The molecule has 0 fully saturated rings. The van der Waals surface area contributed by atoms with Gasteiger partial charge in [-0.2, -0.15) is 13.2 Å². The average Bonchev–Trinajstić information content (AvgIpc) is 2.61. The van der Waals surface area contributed by atoms with Crippen LogP contribution in [0, 0.1) is 0 Å². The summed E-state index contributed by atoms with van der Waals surface area (Å²) >= 11 is 0. The molecular formula is C20H20F3NO2. The van der Waals surface area contributed by atoms with E-state index >= 15 is 0 Å². The molecule has 0 radical (unpaired) electrons. The molecule has 3 nitrogen and oxygen atoms in total. The molecule has 0 aliphatic heterocycles. The highest BCUT2D eigenvalue weighted by Gasteiger charge is 2.40. The lowest BCUT2D eigenvalue weighted by molar-refractivity contribution is -0.206. The zero-order chi connectivity index (χ0) is 18.7. The Bertz CT molecular complexity index is 789. The number of aliphatic hydroxyl groups excluding tert-OH is 1. The quantitative estimate of drug-likeness (QED) is 0.825. The predicted octanol–water partition coefficient (Wildman–Crippen LogP) is 4.73. The van der Waals surface area contributed by atoms with E-state index in [1.807, 2.05) is 24.3 Å². The fourth-order valence-electron chi connectivity index (χ4n) is 3.52. The van der Waals surface area contributed by atoms with Crippen LogP contribution in [0.2, 0.25) is 0 Å². The molecule has 138 valence electrons. The number of benzene rings is 2. The molecule has 0 heterocycles. The molecule has 0 unspecified atom stereocenters. The molecule has 0 bridgehead atoms. The Morgan fingerprint density at radius 2 is 1.85 bits per heavy atom. The number of hydrogen-bond donors (Lipinski definition) is 2. The van der Waals surface area contributed by atoms with E-state index in [2.05, 4.69) is 5.32 Å². The monoisotopic (exact) mass is 363 g/mol. The van der Waals surface area contributed by atoms with Crippen LogP contribution in [0.1, 0.15) is 48.0 Å². The molecule has 2 N–H and O–H groups in total. The number of rotatable bonds is 4. The summed E-state index contributed by atoms with van der Waals surface area (Å²) in [6, 6.07) is 13.4. The van der Waals surface area contributed by atoms with Gasteiger partial charge in [0.15, 0.2) is 6.10 Å². The van der Waals surface area contributed by atoms with Crippen molar-refractivity contribution in [3.8, 4) is 0 Å². The summed E-state index contributed by atoms with van der Waals surface area (Å²) in [6.07, 6.45) is -4.38. The van der Waals surface area contributed by atoms with Crippen LogP contribution in [-0.4, -0.2) is 17.2 Å². The van der Waals surface area contributed by atoms with Crippen LogP contribution in [0.5, 0.6) is 0 Å². The number of hydrogen-bond acceptors (Lipinski definition) is 2. The van der Waals surface area contributed by atoms with E-state index in [1.165, 1.54) is 29.8 Å². The normalized spacial score (nSPS) is 18.1. The minimum Gasteiger partial charge on any atom is -0.379 e. The van der Waals surface area contributed by atoms with Gasteiger partial charge in [0.2, 0.25) is 5.91 Å². The number of carbonyl (C=O) groups is 1. The van der Waals surface area contributed by atoms with Crippen molar-refractivity contribution in [1.82, 2.24) is 0 Å². The minimum atomic E-state index is -4.79. The molecule has 1 aliphatic carbocycles. The molecule has 0 saturated heterocycles. The number of anilines is 1. The summed E-state index contributed by atoms with van der Waals surface area (Å²) in [4.78, 5) is 12.4. The Labute approximate surface area is 149 Å². The molecular weight excluding hydrogens is 343 g/mol. The van der Waals surface area contributed by atoms with Gasteiger partial charge >= 0.3 is 6.18 Å². The van der Waals surface area contributed by atoms with Gasteiger partial charge in [0.05, 0.1) is 0 Å². The van der Waals surface area contributed by atoms with E-state index in [0.717, 1.165) is 24.8 Å². The zero-order valence-corrected chi connectivity index (χ0v) is 14.1. The second-order valence-electron chi connectivity index (χ2n) is 6.57. The first-order valence-corrected chi connectivity index (χ1v) is 8.57. The number of fused-ring (bicyclic) bond motifs is 1. The predicted molar refractivity (Wildman–Crippen MR) is 92.8 cm³/mol. The number of para-hydroxylation sites is 1. The standard InChI is InChI=1S/C20H20F3NO2/c21-20(22,23)19(26)16-10-3-4-11-17(16)24-18(25)12-14-8-5-7-13-6-1-2-9-15(13)14/h1-4,6,9-11,14,19,26H,5,7-8,12H2,(H,24,25)/t14-,19-/m0/s1. The fourth-order valence-corrected chi connectivity index (χ4v) is 3.52. The van der Waals surface area contributed by atoms with Crippen molar-refractivity contribution < 1.29 is 23.1 Å². The van der Waals surface area contributed by atoms with Crippen molar-refractivity contribution in [2.24, 2.45) is 0 Å². The molecule has 0 saturated carbocycles. The lowest BCUT2D eigenvalue weighted by atomic mass is 9.81. The van der Waals surface area contributed by atoms with Crippen molar-refractivity contribution >= 4 is 11.6 Å². The number of amides is 1. The molecule has 0 spiro atoms. The Morgan fingerprint density at radius 1 is 1.15 bits per heavy atom. The van der Waals surface area contributed by atoms with E-state index in [-0.39, 0.29) is 29.5 Å². The maximum atomic E-state index is 12.8. The van der Waals surface area contributed by atoms with Crippen molar-refractivity contribution in [2.75, 3.05) is 5.32 Å². The second-order valence-corrected chi connectivity index (χ2v) is 6.57. The number of nitrogens with one attached hydrogen (secondary N) is 1. The van der Waals surface area contributed by atoms with E-state index in [1.54, 1.807) is 0 Å². The molecule has 3 rings (SSSR count). The summed E-state index contributed by atoms with van der Waals surface area (Å²) in [5.74, 6) is -0.298. The Kier molecular flexibility index (Phi) is 5.32. The highest BCUT2D eigenvalue weighted by atomic mass is 19.4. The highest BCUT2D eigenvalue weighted by molar-refractivity contribution is 5.92. The molecule has 1 aliphatic rings. The third-order valence-corrected chi connectivity index (χ3v) is 4.76. The van der Waals surface area contributed by atoms with Gasteiger partial charge in [-0.15, -0.1) is 0 Å². The van der Waals surface area contributed by atoms with Gasteiger partial charge in [-0.1, -0.05) is 42.5 Å². The molecule has 2 aromatic rings. The Balaban J connectivity index is 1.74. The van der Waals surface area contributed by atoms with E-state index in [4.69, 9.17) is 0 Å². The molecule has 2 atom stereocenters. The maximum Gasteiger partial charge on any atom is 0.418 e. The zero-order valence-electron chi connectivity index (χ0n) is 14.1. The number of aryl methyl sites for hydroxylation is 1. The highest BCUT2D eigenvalue weighted by Crippen LogP contribution is 2.37. The first kappa shape index (κ1) is 18.5. The maximum absolute atomic E-state index is 12.8. The summed E-state index contributed by atoms with van der Waals surface area (Å²) in [7, 11) is 0. The van der Waals surface area contributed by atoms with E-state index in [9.17, 15) is 23.1 Å². The average molecular weight is 363 g/mol. The number of carbonyl (C=O) groups excluding carboxylic acids is 1. The first-order chi connectivity index (χ1) is 12.4. The van der Waals surface area contributed by atoms with Crippen LogP contribution in [0.4, 0.5) is 18.9 Å². The number of alkyl halides is 3. The van der Waals surface area contributed by atoms with Crippen LogP contribution >= 0.6 is 0 Å². The van der Waals surface area contributed by atoms with Gasteiger partial charge in [0.1, 0.15) is 0 Å². The van der Waals surface area contributed by atoms with Gasteiger partial charge in [-0.05, 0) is 42.4 Å². The van der Waals surface area contributed by atoms with Gasteiger partial charge in [-0.3, -0.25) is 4.79 Å². The molecule has 1 amide bonds. The summed E-state index contributed by atoms with van der Waals surface area (Å²) < 4.78 is 38.5. The van der Waals surface area contributed by atoms with Gasteiger partial charge in [0, 0.05) is 17.7 Å². The Morgan fingerprint density at radius 3 is 2.62 bits per heavy atom. The van der Waals surface area contributed by atoms with Gasteiger partial charge in [-0.25, -0.2) is 0 Å². The lowest BCUT2D eigenvalue weighted by Gasteiger charge is -2.25. The summed E-state index contributed by atoms with van der Waals surface area (Å²) in [5.41, 5.74) is 2.01. The number of halogens is 3. The minimum absolute atomic E-state index is 0.00794. The van der Waals surface area contributed by atoms with Crippen molar-refractivity contribution in [3.05, 3.63) is 65.2 Å². The van der Waals surface area contributed by atoms with Crippen LogP contribution in [0.15, 0.2) is 48.5 Å². The van der Waals surface area contributed by atoms with E-state index in [0.29, 0.717) is 0 Å². The summed E-state index contributed by atoms with van der Waals surface area (Å²) in [6.45, 7) is 0. The molecule has 2 aromatic carbocycles. The van der Waals surface area contributed by atoms with Crippen molar-refractivity contribution in [2.45, 2.75) is 43.9 Å². The van der Waals surface area contributed by atoms with Crippen molar-refractivity contribution in [1.29, 1.82) is 0 Å². The number of aliphatic hydroxyl groups is 1. The first-order valence-electron chi connectivity index (χ1n) is 8.57. The largest absolute Gasteiger partial charge is 0.418 e. The van der Waals surface area contributed by atoms with Crippen molar-refractivity contribution in [3.63, 3.8) is 0 Å². The van der Waals surface area contributed by atoms with Crippen LogP contribution in [-0.2, 0) is 11.2 Å². The van der Waals surface area contributed by atoms with Crippen LogP contribution in [0.3, 0.4) is 0 Å². The van der Waals surface area contributed by atoms with Gasteiger partial charge < -0.3 is 10.4 Å². The molecule has 0 aromatic heterocycles. The van der Waals surface area contributed by atoms with Crippen LogP contribution in [0.25, 0.3) is 0 Å². The Hall–Kier alpha value is -2.34.